The number of carbonyl (C=O) groups excluding carboxylic acids is 2. The summed E-state index contributed by atoms with van der Waals surface area (Å²) in [5.74, 6) is 0.680. The van der Waals surface area contributed by atoms with E-state index in [9.17, 15) is 19.7 Å². The molecule has 32 heavy (non-hydrogen) atoms. The second kappa shape index (κ2) is 10.3. The highest BCUT2D eigenvalue weighted by Gasteiger charge is 2.36. The lowest BCUT2D eigenvalue weighted by Crippen LogP contribution is -2.27. The topological polar surface area (TPSA) is 99.0 Å². The third-order valence-corrected chi connectivity index (χ3v) is 5.77. The third-order valence-electron chi connectivity index (χ3n) is 4.86. The van der Waals surface area contributed by atoms with Crippen LogP contribution in [0.5, 0.6) is 11.5 Å². The summed E-state index contributed by atoms with van der Waals surface area (Å²) >= 11 is 0.804. The fraction of sp³-hybridized carbons (Fsp3) is 0.304. The van der Waals surface area contributed by atoms with Crippen LogP contribution >= 0.6 is 11.8 Å². The maximum atomic E-state index is 12.9. The lowest BCUT2D eigenvalue weighted by molar-refractivity contribution is -0.385. The van der Waals surface area contributed by atoms with E-state index in [0.717, 1.165) is 23.1 Å². The number of nitro benzene ring substituents is 1. The molecule has 1 fully saturated rings. The molecule has 1 heterocycles. The van der Waals surface area contributed by atoms with Crippen molar-refractivity contribution in [3.63, 3.8) is 0 Å². The average molecular weight is 457 g/mol. The Bertz CT molecular complexity index is 1070. The Kier molecular flexibility index (Phi) is 7.53. The first kappa shape index (κ1) is 23.3. The van der Waals surface area contributed by atoms with Crippen LogP contribution in [-0.2, 0) is 11.3 Å². The van der Waals surface area contributed by atoms with E-state index in [1.165, 1.54) is 12.1 Å². The van der Waals surface area contributed by atoms with Crippen molar-refractivity contribution in [2.75, 3.05) is 6.61 Å². The maximum Gasteiger partial charge on any atom is 0.293 e. The zero-order valence-electron chi connectivity index (χ0n) is 18.1. The minimum absolute atomic E-state index is 0.0265. The number of para-hydroxylation sites is 1. The van der Waals surface area contributed by atoms with Gasteiger partial charge in [0, 0.05) is 11.6 Å². The van der Waals surface area contributed by atoms with Gasteiger partial charge in [-0.15, -0.1) is 0 Å². The van der Waals surface area contributed by atoms with Crippen LogP contribution in [0.15, 0.2) is 47.4 Å². The van der Waals surface area contributed by atoms with Gasteiger partial charge in [-0.05, 0) is 55.8 Å². The molecule has 0 unspecified atom stereocenters. The van der Waals surface area contributed by atoms with Gasteiger partial charge in [-0.25, -0.2) is 0 Å². The number of carbonyl (C=O) groups is 2. The smallest absolute Gasteiger partial charge is 0.293 e. The van der Waals surface area contributed by atoms with Crippen molar-refractivity contribution in [3.05, 3.63) is 68.6 Å². The molecule has 1 saturated heterocycles. The minimum atomic E-state index is -0.525. The first-order valence-electron chi connectivity index (χ1n) is 10.2. The highest BCUT2D eigenvalue weighted by atomic mass is 32.2. The van der Waals surface area contributed by atoms with Gasteiger partial charge in [0.05, 0.1) is 29.1 Å². The fourth-order valence-corrected chi connectivity index (χ4v) is 3.90. The molecule has 2 aromatic rings. The summed E-state index contributed by atoms with van der Waals surface area (Å²) in [5, 5.41) is 10.8. The van der Waals surface area contributed by atoms with E-state index in [1.54, 1.807) is 36.4 Å². The number of thioether (sulfide) groups is 1. The third kappa shape index (κ3) is 5.28. The van der Waals surface area contributed by atoms with Crippen LogP contribution in [0.1, 0.15) is 38.3 Å². The summed E-state index contributed by atoms with van der Waals surface area (Å²) in [6.45, 7) is 6.15. The van der Waals surface area contributed by atoms with Gasteiger partial charge < -0.3 is 9.47 Å². The molecule has 1 atom stereocenters. The van der Waals surface area contributed by atoms with Crippen molar-refractivity contribution >= 4 is 34.7 Å². The van der Waals surface area contributed by atoms with Crippen LogP contribution < -0.4 is 9.47 Å². The number of amides is 2. The van der Waals surface area contributed by atoms with Crippen LogP contribution in [0.4, 0.5) is 10.5 Å². The molecule has 1 aliphatic rings. The van der Waals surface area contributed by atoms with E-state index in [2.05, 4.69) is 0 Å². The van der Waals surface area contributed by atoms with Crippen LogP contribution in [-0.4, -0.2) is 33.7 Å². The first-order valence-corrected chi connectivity index (χ1v) is 11.1. The van der Waals surface area contributed by atoms with Crippen LogP contribution in [0.25, 0.3) is 6.08 Å². The van der Waals surface area contributed by atoms with Crippen molar-refractivity contribution in [2.24, 2.45) is 0 Å². The number of hydrogen-bond donors (Lipinski definition) is 0. The lowest BCUT2D eigenvalue weighted by atomic mass is 10.1. The Morgan fingerprint density at radius 1 is 1.16 bits per heavy atom. The van der Waals surface area contributed by atoms with Gasteiger partial charge in [0.15, 0.2) is 11.5 Å². The molecule has 0 aliphatic carbocycles. The molecular formula is C23H24N2O6S. The summed E-state index contributed by atoms with van der Waals surface area (Å²) in [5.41, 5.74) is 0.848. The summed E-state index contributed by atoms with van der Waals surface area (Å²) in [6, 6.07) is 11.4. The minimum Gasteiger partial charge on any atom is -0.490 e. The molecule has 2 aromatic carbocycles. The Morgan fingerprint density at radius 2 is 1.91 bits per heavy atom. The molecule has 0 saturated carbocycles. The molecular weight excluding hydrogens is 432 g/mol. The number of rotatable bonds is 9. The molecule has 0 spiro atoms. The van der Waals surface area contributed by atoms with Gasteiger partial charge in [0.1, 0.15) is 0 Å². The number of nitrogens with zero attached hydrogens (tertiary/aromatic N) is 2. The van der Waals surface area contributed by atoms with Gasteiger partial charge >= 0.3 is 0 Å². The van der Waals surface area contributed by atoms with Crippen molar-refractivity contribution in [3.8, 4) is 11.5 Å². The molecule has 0 radical (unpaired) electrons. The molecule has 8 nitrogen and oxygen atoms in total. The Hall–Kier alpha value is -3.33. The summed E-state index contributed by atoms with van der Waals surface area (Å²) in [7, 11) is 0. The molecule has 0 bridgehead atoms. The number of ether oxygens (including phenoxy) is 2. The number of benzene rings is 2. The zero-order chi connectivity index (χ0) is 23.3. The van der Waals surface area contributed by atoms with Gasteiger partial charge in [0.2, 0.25) is 0 Å². The molecule has 0 N–H and O–H groups in total. The second-order valence-corrected chi connectivity index (χ2v) is 8.12. The standard InChI is InChI=1S/C23H24N2O6S/c1-4-15(3)31-19-11-10-16(12-20(19)30-5-2)13-21-22(26)24(23(27)32-21)14-17-8-6-7-9-18(17)25(28)29/h6-13,15H,4-5,14H2,1-3H3/b21-13+/t15-/m0/s1. The Labute approximate surface area is 190 Å². The molecule has 2 amide bonds. The molecule has 9 heteroatoms. The number of hydrogen-bond acceptors (Lipinski definition) is 7. The molecule has 0 aromatic heterocycles. The van der Waals surface area contributed by atoms with Gasteiger partial charge in [-0.1, -0.05) is 31.2 Å². The molecule has 3 rings (SSSR count). The van der Waals surface area contributed by atoms with E-state index in [4.69, 9.17) is 9.47 Å². The van der Waals surface area contributed by atoms with E-state index >= 15 is 0 Å². The van der Waals surface area contributed by atoms with Gasteiger partial charge in [-0.2, -0.15) is 0 Å². The van der Waals surface area contributed by atoms with Crippen LogP contribution in [0.2, 0.25) is 0 Å². The van der Waals surface area contributed by atoms with E-state index in [1.807, 2.05) is 20.8 Å². The van der Waals surface area contributed by atoms with Gasteiger partial charge in [0.25, 0.3) is 16.8 Å². The second-order valence-electron chi connectivity index (χ2n) is 7.13. The van der Waals surface area contributed by atoms with Crippen molar-refractivity contribution in [2.45, 2.75) is 39.8 Å². The fourth-order valence-electron chi connectivity index (χ4n) is 3.06. The van der Waals surface area contributed by atoms with Crippen molar-refractivity contribution in [1.82, 2.24) is 4.90 Å². The monoisotopic (exact) mass is 456 g/mol. The lowest BCUT2D eigenvalue weighted by Gasteiger charge is -2.16. The average Bonchev–Trinajstić information content (AvgIpc) is 3.03. The van der Waals surface area contributed by atoms with Crippen molar-refractivity contribution in [1.29, 1.82) is 0 Å². The van der Waals surface area contributed by atoms with Crippen LogP contribution in [0.3, 0.4) is 0 Å². The Morgan fingerprint density at radius 3 is 2.59 bits per heavy atom. The molecule has 168 valence electrons. The van der Waals surface area contributed by atoms with E-state index < -0.39 is 16.1 Å². The largest absolute Gasteiger partial charge is 0.490 e. The van der Waals surface area contributed by atoms with E-state index in [0.29, 0.717) is 29.2 Å². The zero-order valence-corrected chi connectivity index (χ0v) is 18.9. The molecule has 1 aliphatic heterocycles. The van der Waals surface area contributed by atoms with Gasteiger partial charge in [-0.3, -0.25) is 24.6 Å². The predicted molar refractivity (Wildman–Crippen MR) is 123 cm³/mol. The number of imide groups is 1. The summed E-state index contributed by atoms with van der Waals surface area (Å²) in [4.78, 5) is 37.3. The quantitative estimate of drug-likeness (QED) is 0.283. The van der Waals surface area contributed by atoms with E-state index in [-0.39, 0.29) is 23.2 Å². The highest BCUT2D eigenvalue weighted by molar-refractivity contribution is 8.18. The summed E-state index contributed by atoms with van der Waals surface area (Å²) < 4.78 is 11.6. The maximum absolute atomic E-state index is 12.9. The highest BCUT2D eigenvalue weighted by Crippen LogP contribution is 2.36. The normalized spacial score (nSPS) is 15.8. The Balaban J connectivity index is 1.84. The SMILES string of the molecule is CCOc1cc(/C=C2/SC(=O)N(Cc3ccccc3[N+](=O)[O-])C2=O)ccc1O[C@@H](C)CC. The number of nitro groups is 1. The van der Waals surface area contributed by atoms with Crippen LogP contribution in [0, 0.1) is 10.1 Å². The predicted octanol–water partition coefficient (Wildman–Crippen LogP) is 5.41. The first-order chi connectivity index (χ1) is 15.3. The van der Waals surface area contributed by atoms with Crippen molar-refractivity contribution < 1.29 is 24.0 Å². The summed E-state index contributed by atoms with van der Waals surface area (Å²) in [6.07, 6.45) is 2.48.